The van der Waals surface area contributed by atoms with Gasteiger partial charge in [0, 0.05) is 19.7 Å². The van der Waals surface area contributed by atoms with Crippen molar-refractivity contribution in [2.75, 3.05) is 27.8 Å². The number of hydrogen-bond donors (Lipinski definition) is 1. The summed E-state index contributed by atoms with van der Waals surface area (Å²) in [6, 6.07) is 12.6. The van der Waals surface area contributed by atoms with Crippen LogP contribution < -0.4 is 14.8 Å². The van der Waals surface area contributed by atoms with E-state index < -0.39 is 15.9 Å². The topological polar surface area (TPSA) is 109 Å². The van der Waals surface area contributed by atoms with Gasteiger partial charge in [0.1, 0.15) is 11.5 Å². The van der Waals surface area contributed by atoms with E-state index in [0.29, 0.717) is 17.1 Å². The molecule has 0 bridgehead atoms. The summed E-state index contributed by atoms with van der Waals surface area (Å²) >= 11 is 0. The van der Waals surface area contributed by atoms with Crippen molar-refractivity contribution < 1.29 is 22.7 Å². The van der Waals surface area contributed by atoms with Crippen molar-refractivity contribution >= 4 is 15.9 Å². The van der Waals surface area contributed by atoms with E-state index in [0.717, 1.165) is 9.87 Å². The monoisotopic (exact) mass is 403 g/mol. The van der Waals surface area contributed by atoms with Crippen molar-refractivity contribution in [3.63, 3.8) is 0 Å². The summed E-state index contributed by atoms with van der Waals surface area (Å²) < 4.78 is 36.4. The number of nitrogens with zero attached hydrogens (tertiary/aromatic N) is 2. The van der Waals surface area contributed by atoms with Crippen LogP contribution in [-0.2, 0) is 21.4 Å². The highest BCUT2D eigenvalue weighted by atomic mass is 32.2. The SMILES string of the molecule is COc1cc(CNC(=O)CN(C)S(=O)(=O)c2ccc(C#N)cc2)cc(OC)c1. The van der Waals surface area contributed by atoms with E-state index in [1.54, 1.807) is 18.2 Å². The summed E-state index contributed by atoms with van der Waals surface area (Å²) in [7, 11) is 0.537. The lowest BCUT2D eigenvalue weighted by atomic mass is 10.2. The Morgan fingerprint density at radius 1 is 1.11 bits per heavy atom. The fourth-order valence-electron chi connectivity index (χ4n) is 2.39. The Labute approximate surface area is 164 Å². The van der Waals surface area contributed by atoms with E-state index in [1.807, 2.05) is 6.07 Å². The van der Waals surface area contributed by atoms with Gasteiger partial charge in [-0.05, 0) is 42.0 Å². The second-order valence-corrected chi connectivity index (χ2v) is 7.94. The number of methoxy groups -OCH3 is 2. The average molecular weight is 403 g/mol. The number of likely N-dealkylation sites (N-methyl/N-ethyl adjacent to an activating group) is 1. The Morgan fingerprint density at radius 2 is 1.68 bits per heavy atom. The molecule has 0 saturated carbocycles. The Morgan fingerprint density at radius 3 is 2.18 bits per heavy atom. The van der Waals surface area contributed by atoms with Crippen LogP contribution in [-0.4, -0.2) is 46.4 Å². The largest absolute Gasteiger partial charge is 0.497 e. The number of rotatable bonds is 8. The molecule has 0 unspecified atom stereocenters. The Hall–Kier alpha value is -3.09. The van der Waals surface area contributed by atoms with Crippen molar-refractivity contribution in [1.82, 2.24) is 9.62 Å². The van der Waals surface area contributed by atoms with Gasteiger partial charge in [0.15, 0.2) is 0 Å². The molecule has 0 aromatic heterocycles. The van der Waals surface area contributed by atoms with Gasteiger partial charge >= 0.3 is 0 Å². The lowest BCUT2D eigenvalue weighted by Gasteiger charge is -2.17. The summed E-state index contributed by atoms with van der Waals surface area (Å²) in [6.07, 6.45) is 0. The van der Waals surface area contributed by atoms with E-state index in [1.165, 1.54) is 45.5 Å². The molecule has 0 fully saturated rings. The average Bonchev–Trinajstić information content (AvgIpc) is 2.71. The Kier molecular flexibility index (Phi) is 6.98. The van der Waals surface area contributed by atoms with Gasteiger partial charge in [-0.3, -0.25) is 4.79 Å². The van der Waals surface area contributed by atoms with Gasteiger partial charge < -0.3 is 14.8 Å². The second kappa shape index (κ2) is 9.21. The van der Waals surface area contributed by atoms with Crippen LogP contribution in [0.2, 0.25) is 0 Å². The first kappa shape index (κ1) is 21.2. The maximum Gasteiger partial charge on any atom is 0.243 e. The fraction of sp³-hybridized carbons (Fsp3) is 0.263. The number of sulfonamides is 1. The minimum atomic E-state index is -3.84. The van der Waals surface area contributed by atoms with Gasteiger partial charge in [0.05, 0.1) is 37.3 Å². The molecule has 0 aliphatic rings. The van der Waals surface area contributed by atoms with Crippen LogP contribution >= 0.6 is 0 Å². The highest BCUT2D eigenvalue weighted by molar-refractivity contribution is 7.89. The first-order valence-electron chi connectivity index (χ1n) is 8.25. The molecule has 1 amide bonds. The second-order valence-electron chi connectivity index (χ2n) is 5.89. The molecule has 148 valence electrons. The van der Waals surface area contributed by atoms with Gasteiger partial charge in [0.2, 0.25) is 15.9 Å². The summed E-state index contributed by atoms with van der Waals surface area (Å²) in [5.41, 5.74) is 1.11. The summed E-state index contributed by atoms with van der Waals surface area (Å²) in [5, 5.41) is 11.5. The molecule has 0 aliphatic carbocycles. The Balaban J connectivity index is 2.01. The van der Waals surface area contributed by atoms with E-state index in [-0.39, 0.29) is 18.0 Å². The lowest BCUT2D eigenvalue weighted by Crippen LogP contribution is -2.38. The number of nitrogens with one attached hydrogen (secondary N) is 1. The smallest absolute Gasteiger partial charge is 0.243 e. The highest BCUT2D eigenvalue weighted by Gasteiger charge is 2.22. The molecule has 0 spiro atoms. The van der Waals surface area contributed by atoms with Crippen molar-refractivity contribution in [2.24, 2.45) is 0 Å². The number of ether oxygens (including phenoxy) is 2. The number of carbonyl (C=O) groups is 1. The summed E-state index contributed by atoms with van der Waals surface area (Å²) in [5.74, 6) is 0.717. The Bertz CT molecular complexity index is 959. The third-order valence-corrected chi connectivity index (χ3v) is 5.78. The van der Waals surface area contributed by atoms with Crippen molar-refractivity contribution in [1.29, 1.82) is 5.26 Å². The first-order chi connectivity index (χ1) is 13.3. The van der Waals surface area contributed by atoms with Gasteiger partial charge in [-0.1, -0.05) is 0 Å². The third-order valence-electron chi connectivity index (χ3n) is 3.96. The molecule has 0 saturated heterocycles. The maximum absolute atomic E-state index is 12.5. The van der Waals surface area contributed by atoms with Crippen LogP contribution in [0.5, 0.6) is 11.5 Å². The molecule has 28 heavy (non-hydrogen) atoms. The standard InChI is InChI=1S/C19H21N3O5S/c1-22(28(24,25)18-6-4-14(11-20)5-7-18)13-19(23)21-12-15-8-16(26-2)10-17(9-15)27-3/h4-10H,12-13H2,1-3H3,(H,21,23). The number of amides is 1. The van der Waals surface area contributed by atoms with E-state index in [2.05, 4.69) is 5.32 Å². The van der Waals surface area contributed by atoms with Crippen LogP contribution in [0.4, 0.5) is 0 Å². The zero-order chi connectivity index (χ0) is 20.7. The molecule has 2 aromatic carbocycles. The zero-order valence-corrected chi connectivity index (χ0v) is 16.6. The van der Waals surface area contributed by atoms with Crippen molar-refractivity contribution in [3.8, 4) is 17.6 Å². The molecule has 2 rings (SSSR count). The quantitative estimate of drug-likeness (QED) is 0.716. The molecule has 2 aromatic rings. The van der Waals surface area contributed by atoms with Crippen LogP contribution in [0.3, 0.4) is 0 Å². The minimum absolute atomic E-state index is 0.0133. The summed E-state index contributed by atoms with van der Waals surface area (Å²) in [4.78, 5) is 12.2. The molecule has 1 N–H and O–H groups in total. The van der Waals surface area contributed by atoms with E-state index in [9.17, 15) is 13.2 Å². The van der Waals surface area contributed by atoms with Gasteiger partial charge in [-0.25, -0.2) is 8.42 Å². The molecule has 9 heteroatoms. The molecule has 0 heterocycles. The molecular weight excluding hydrogens is 382 g/mol. The van der Waals surface area contributed by atoms with Gasteiger partial charge in [-0.15, -0.1) is 0 Å². The predicted octanol–water partition coefficient (Wildman–Crippen LogP) is 1.51. The molecular formula is C19H21N3O5S. The molecule has 8 nitrogen and oxygen atoms in total. The van der Waals surface area contributed by atoms with Crippen molar-refractivity contribution in [2.45, 2.75) is 11.4 Å². The first-order valence-corrected chi connectivity index (χ1v) is 9.69. The van der Waals surface area contributed by atoms with Crippen LogP contribution in [0.1, 0.15) is 11.1 Å². The van der Waals surface area contributed by atoms with Gasteiger partial charge in [0.25, 0.3) is 0 Å². The third kappa shape index (κ3) is 5.22. The number of nitriles is 1. The zero-order valence-electron chi connectivity index (χ0n) is 15.8. The lowest BCUT2D eigenvalue weighted by molar-refractivity contribution is -0.121. The normalized spacial score (nSPS) is 11.0. The van der Waals surface area contributed by atoms with E-state index in [4.69, 9.17) is 14.7 Å². The van der Waals surface area contributed by atoms with Crippen molar-refractivity contribution in [3.05, 3.63) is 53.6 Å². The molecule has 0 aliphatic heterocycles. The number of benzene rings is 2. The maximum atomic E-state index is 12.5. The van der Waals surface area contributed by atoms with Gasteiger partial charge in [-0.2, -0.15) is 9.57 Å². The predicted molar refractivity (Wildman–Crippen MR) is 102 cm³/mol. The highest BCUT2D eigenvalue weighted by Crippen LogP contribution is 2.22. The molecule has 0 radical (unpaired) electrons. The van der Waals surface area contributed by atoms with Crippen LogP contribution in [0, 0.1) is 11.3 Å². The summed E-state index contributed by atoms with van der Waals surface area (Å²) in [6.45, 7) is -0.152. The number of hydrogen-bond acceptors (Lipinski definition) is 6. The fourth-order valence-corrected chi connectivity index (χ4v) is 3.52. The van der Waals surface area contributed by atoms with E-state index >= 15 is 0 Å². The minimum Gasteiger partial charge on any atom is -0.497 e. The van der Waals surface area contributed by atoms with Crippen LogP contribution in [0.25, 0.3) is 0 Å². The van der Waals surface area contributed by atoms with Crippen LogP contribution in [0.15, 0.2) is 47.4 Å². The molecule has 0 atom stereocenters. The number of carbonyl (C=O) groups excluding carboxylic acids is 1.